The molecule has 1 aliphatic rings. The van der Waals surface area contributed by atoms with Crippen molar-refractivity contribution in [2.75, 3.05) is 6.26 Å². The van der Waals surface area contributed by atoms with E-state index in [1.165, 1.54) is 25.7 Å². The fraction of sp³-hybridized carbons (Fsp3) is 0.571. The van der Waals surface area contributed by atoms with Crippen molar-refractivity contribution in [3.05, 3.63) is 28.8 Å². The minimum Gasteiger partial charge on any atom is -0.506 e. The van der Waals surface area contributed by atoms with Gasteiger partial charge < -0.3 is 10.4 Å². The summed E-state index contributed by atoms with van der Waals surface area (Å²) in [5, 5.41) is 14.6. The summed E-state index contributed by atoms with van der Waals surface area (Å²) in [6.45, 7) is 0.695. The first kappa shape index (κ1) is 14.0. The number of hydrogen-bond acceptors (Lipinski definition) is 3. The zero-order chi connectivity index (χ0) is 13.0. The molecule has 0 bridgehead atoms. The molecule has 1 aromatic rings. The van der Waals surface area contributed by atoms with Crippen molar-refractivity contribution in [2.24, 2.45) is 0 Å². The van der Waals surface area contributed by atoms with Gasteiger partial charge in [0, 0.05) is 23.4 Å². The first-order chi connectivity index (χ1) is 8.70. The van der Waals surface area contributed by atoms with Crippen LogP contribution in [0.15, 0.2) is 18.2 Å². The number of halogens is 1. The number of thioether (sulfide) groups is 1. The zero-order valence-corrected chi connectivity index (χ0v) is 12.2. The number of aromatic hydroxyl groups is 1. The Morgan fingerprint density at radius 2 is 2.06 bits per heavy atom. The second-order valence-electron chi connectivity index (χ2n) is 4.84. The average molecular weight is 286 g/mol. The molecule has 0 spiro atoms. The van der Waals surface area contributed by atoms with Crippen molar-refractivity contribution in [1.82, 2.24) is 5.32 Å². The van der Waals surface area contributed by atoms with Crippen molar-refractivity contribution in [2.45, 2.75) is 43.5 Å². The Kier molecular flexibility index (Phi) is 5.22. The molecule has 1 aliphatic carbocycles. The van der Waals surface area contributed by atoms with E-state index in [2.05, 4.69) is 11.6 Å². The Morgan fingerprint density at radius 1 is 1.33 bits per heavy atom. The summed E-state index contributed by atoms with van der Waals surface area (Å²) in [6, 6.07) is 6.09. The molecule has 1 saturated carbocycles. The minimum atomic E-state index is 0.212. The van der Waals surface area contributed by atoms with Crippen molar-refractivity contribution in [1.29, 1.82) is 0 Å². The van der Waals surface area contributed by atoms with Gasteiger partial charge in [-0.1, -0.05) is 23.7 Å². The maximum Gasteiger partial charge on any atom is 0.138 e. The molecule has 0 unspecified atom stereocenters. The summed E-state index contributed by atoms with van der Waals surface area (Å²) in [5.74, 6) is 0.212. The van der Waals surface area contributed by atoms with E-state index in [1.54, 1.807) is 6.07 Å². The lowest BCUT2D eigenvalue weighted by Crippen LogP contribution is -2.33. The average Bonchev–Trinajstić information content (AvgIpc) is 2.41. The molecular weight excluding hydrogens is 266 g/mol. The van der Waals surface area contributed by atoms with Gasteiger partial charge in [-0.25, -0.2) is 0 Å². The van der Waals surface area contributed by atoms with Gasteiger partial charge in [-0.05, 0) is 38.0 Å². The van der Waals surface area contributed by atoms with E-state index in [4.69, 9.17) is 11.6 Å². The largest absolute Gasteiger partial charge is 0.506 e. The second kappa shape index (κ2) is 6.69. The highest BCUT2D eigenvalue weighted by molar-refractivity contribution is 7.99. The fourth-order valence-electron chi connectivity index (χ4n) is 2.46. The molecular formula is C14H20ClNOS. The predicted octanol–water partition coefficient (Wildman–Crippen LogP) is 3.81. The number of phenolic OH excluding ortho intramolecular Hbond substituents is 1. The molecule has 0 aromatic heterocycles. The van der Waals surface area contributed by atoms with Crippen molar-refractivity contribution in [3.63, 3.8) is 0 Å². The highest BCUT2D eigenvalue weighted by Gasteiger charge is 2.20. The molecule has 4 heteroatoms. The summed E-state index contributed by atoms with van der Waals surface area (Å²) in [6.07, 6.45) is 7.24. The molecule has 2 N–H and O–H groups in total. The van der Waals surface area contributed by atoms with Crippen LogP contribution in [-0.2, 0) is 6.54 Å². The van der Waals surface area contributed by atoms with Crippen LogP contribution in [0.25, 0.3) is 0 Å². The highest BCUT2D eigenvalue weighted by Crippen LogP contribution is 2.29. The standard InChI is InChI=1S/C14H20ClNOS/c1-18-12-7-5-11(6-8-12)16-9-10-3-2-4-13(15)14(10)17/h2-4,11-12,16-17H,5-9H2,1H3. The van der Waals surface area contributed by atoms with Crippen molar-refractivity contribution >= 4 is 23.4 Å². The van der Waals surface area contributed by atoms with Crippen LogP contribution >= 0.6 is 23.4 Å². The molecule has 2 nitrogen and oxygen atoms in total. The first-order valence-electron chi connectivity index (χ1n) is 6.43. The van der Waals surface area contributed by atoms with Gasteiger partial charge in [0.15, 0.2) is 0 Å². The van der Waals surface area contributed by atoms with Gasteiger partial charge in [-0.2, -0.15) is 11.8 Å². The Bertz CT molecular complexity index is 391. The van der Waals surface area contributed by atoms with Crippen LogP contribution in [0, 0.1) is 0 Å². The molecule has 1 fully saturated rings. The van der Waals surface area contributed by atoms with E-state index in [1.807, 2.05) is 23.9 Å². The number of phenols is 1. The molecule has 0 aliphatic heterocycles. The van der Waals surface area contributed by atoms with E-state index in [-0.39, 0.29) is 5.75 Å². The third-order valence-corrected chi connectivity index (χ3v) is 5.10. The number of nitrogens with one attached hydrogen (secondary N) is 1. The van der Waals surface area contributed by atoms with E-state index in [0.29, 0.717) is 17.6 Å². The molecule has 18 heavy (non-hydrogen) atoms. The fourth-order valence-corrected chi connectivity index (χ4v) is 3.40. The first-order valence-corrected chi connectivity index (χ1v) is 8.10. The maximum atomic E-state index is 9.83. The smallest absolute Gasteiger partial charge is 0.138 e. The Hall–Kier alpha value is -0.380. The Labute approximate surface area is 118 Å². The highest BCUT2D eigenvalue weighted by atomic mass is 35.5. The van der Waals surface area contributed by atoms with Crippen LogP contribution < -0.4 is 5.32 Å². The van der Waals surface area contributed by atoms with E-state index < -0.39 is 0 Å². The lowest BCUT2D eigenvalue weighted by molar-refractivity contribution is 0.375. The van der Waals surface area contributed by atoms with Gasteiger partial charge in [0.05, 0.1) is 5.02 Å². The summed E-state index contributed by atoms with van der Waals surface area (Å²) in [5.41, 5.74) is 0.884. The van der Waals surface area contributed by atoms with Crippen molar-refractivity contribution < 1.29 is 5.11 Å². The van der Waals surface area contributed by atoms with Gasteiger partial charge in [0.2, 0.25) is 0 Å². The van der Waals surface area contributed by atoms with Gasteiger partial charge in [0.1, 0.15) is 5.75 Å². The number of para-hydroxylation sites is 1. The number of hydrogen-bond donors (Lipinski definition) is 2. The monoisotopic (exact) mass is 285 g/mol. The van der Waals surface area contributed by atoms with E-state index >= 15 is 0 Å². The van der Waals surface area contributed by atoms with Gasteiger partial charge >= 0.3 is 0 Å². The van der Waals surface area contributed by atoms with Crippen LogP contribution in [0.5, 0.6) is 5.75 Å². The lowest BCUT2D eigenvalue weighted by Gasteiger charge is -2.28. The van der Waals surface area contributed by atoms with E-state index in [9.17, 15) is 5.11 Å². The number of rotatable bonds is 4. The van der Waals surface area contributed by atoms with Gasteiger partial charge in [-0.15, -0.1) is 0 Å². The molecule has 2 rings (SSSR count). The molecule has 100 valence electrons. The van der Waals surface area contributed by atoms with Gasteiger partial charge in [0.25, 0.3) is 0 Å². The Balaban J connectivity index is 1.83. The Morgan fingerprint density at radius 3 is 2.72 bits per heavy atom. The quantitative estimate of drug-likeness (QED) is 0.882. The molecule has 0 amide bonds. The van der Waals surface area contributed by atoms with Crippen LogP contribution in [0.1, 0.15) is 31.2 Å². The van der Waals surface area contributed by atoms with Gasteiger partial charge in [-0.3, -0.25) is 0 Å². The third kappa shape index (κ3) is 3.56. The second-order valence-corrected chi connectivity index (χ2v) is 6.38. The molecule has 0 saturated heterocycles. The summed E-state index contributed by atoms with van der Waals surface area (Å²) in [4.78, 5) is 0. The third-order valence-electron chi connectivity index (χ3n) is 3.66. The van der Waals surface area contributed by atoms with Crippen molar-refractivity contribution in [3.8, 4) is 5.75 Å². The van der Waals surface area contributed by atoms with Crippen LogP contribution in [0.2, 0.25) is 5.02 Å². The molecule has 1 aromatic carbocycles. The summed E-state index contributed by atoms with van der Waals surface area (Å²) < 4.78 is 0. The summed E-state index contributed by atoms with van der Waals surface area (Å²) >= 11 is 7.87. The normalized spacial score (nSPS) is 24.1. The molecule has 0 radical (unpaired) electrons. The van der Waals surface area contributed by atoms with Crippen LogP contribution in [-0.4, -0.2) is 22.7 Å². The molecule has 0 heterocycles. The van der Waals surface area contributed by atoms with E-state index in [0.717, 1.165) is 10.8 Å². The number of benzene rings is 1. The zero-order valence-electron chi connectivity index (χ0n) is 10.7. The van der Waals surface area contributed by atoms with Crippen LogP contribution in [0.4, 0.5) is 0 Å². The SMILES string of the molecule is CSC1CCC(NCc2cccc(Cl)c2O)CC1. The maximum absolute atomic E-state index is 9.83. The predicted molar refractivity (Wildman–Crippen MR) is 79.5 cm³/mol. The minimum absolute atomic E-state index is 0.212. The molecule has 0 atom stereocenters. The summed E-state index contributed by atoms with van der Waals surface area (Å²) in [7, 11) is 0. The lowest BCUT2D eigenvalue weighted by atomic mass is 9.95. The topological polar surface area (TPSA) is 32.3 Å². The van der Waals surface area contributed by atoms with Crippen LogP contribution in [0.3, 0.4) is 0 Å².